The smallest absolute Gasteiger partial charge is 0.203 e. The molecule has 0 bridgehead atoms. The molecule has 84 valence electrons. The SMILES string of the molecule is NC1CCCN(c2nccn3cnnc23)C1. The van der Waals surface area contributed by atoms with Crippen LogP contribution in [0.15, 0.2) is 18.7 Å². The Hall–Kier alpha value is -1.69. The molecule has 0 aliphatic carbocycles. The van der Waals surface area contributed by atoms with E-state index >= 15 is 0 Å². The van der Waals surface area contributed by atoms with Gasteiger partial charge in [-0.3, -0.25) is 4.40 Å². The number of rotatable bonds is 1. The number of hydrogen-bond acceptors (Lipinski definition) is 5. The van der Waals surface area contributed by atoms with E-state index in [0.29, 0.717) is 0 Å². The van der Waals surface area contributed by atoms with Crippen LogP contribution in [0.3, 0.4) is 0 Å². The molecule has 3 rings (SSSR count). The van der Waals surface area contributed by atoms with E-state index < -0.39 is 0 Å². The van der Waals surface area contributed by atoms with Gasteiger partial charge in [0.25, 0.3) is 0 Å². The third kappa shape index (κ3) is 1.51. The number of fused-ring (bicyclic) bond motifs is 1. The van der Waals surface area contributed by atoms with Crippen molar-refractivity contribution >= 4 is 11.5 Å². The molecule has 2 aromatic rings. The summed E-state index contributed by atoms with van der Waals surface area (Å²) in [6, 6.07) is 0.235. The van der Waals surface area contributed by atoms with Crippen molar-refractivity contribution in [1.29, 1.82) is 0 Å². The van der Waals surface area contributed by atoms with Crippen LogP contribution in [-0.2, 0) is 0 Å². The Morgan fingerprint density at radius 2 is 2.38 bits per heavy atom. The van der Waals surface area contributed by atoms with E-state index in [-0.39, 0.29) is 6.04 Å². The Labute approximate surface area is 93.1 Å². The highest BCUT2D eigenvalue weighted by Gasteiger charge is 2.20. The van der Waals surface area contributed by atoms with Crippen LogP contribution in [0.2, 0.25) is 0 Å². The zero-order valence-electron chi connectivity index (χ0n) is 8.95. The number of aromatic nitrogens is 4. The van der Waals surface area contributed by atoms with Crippen LogP contribution >= 0.6 is 0 Å². The highest BCUT2D eigenvalue weighted by atomic mass is 15.3. The minimum absolute atomic E-state index is 0.235. The van der Waals surface area contributed by atoms with Gasteiger partial charge in [-0.1, -0.05) is 0 Å². The molecule has 0 saturated carbocycles. The molecule has 1 fully saturated rings. The summed E-state index contributed by atoms with van der Waals surface area (Å²) in [4.78, 5) is 6.58. The average Bonchev–Trinajstić information content (AvgIpc) is 2.76. The molecular weight excluding hydrogens is 204 g/mol. The highest BCUT2D eigenvalue weighted by Crippen LogP contribution is 2.20. The predicted molar refractivity (Wildman–Crippen MR) is 60.2 cm³/mol. The molecule has 6 nitrogen and oxygen atoms in total. The van der Waals surface area contributed by atoms with Gasteiger partial charge in [-0.2, -0.15) is 0 Å². The van der Waals surface area contributed by atoms with Crippen molar-refractivity contribution in [3.8, 4) is 0 Å². The number of anilines is 1. The van der Waals surface area contributed by atoms with Gasteiger partial charge in [0.05, 0.1) is 0 Å². The van der Waals surface area contributed by atoms with Crippen molar-refractivity contribution in [2.75, 3.05) is 18.0 Å². The maximum absolute atomic E-state index is 5.97. The third-order valence-electron chi connectivity index (χ3n) is 2.95. The van der Waals surface area contributed by atoms with Crippen LogP contribution in [0.4, 0.5) is 5.82 Å². The van der Waals surface area contributed by atoms with Gasteiger partial charge in [0.15, 0.2) is 5.82 Å². The van der Waals surface area contributed by atoms with Crippen LogP contribution in [0, 0.1) is 0 Å². The first kappa shape index (κ1) is 9.53. The van der Waals surface area contributed by atoms with Crippen LogP contribution in [0.1, 0.15) is 12.8 Å². The van der Waals surface area contributed by atoms with Crippen molar-refractivity contribution in [2.45, 2.75) is 18.9 Å². The number of hydrogen-bond donors (Lipinski definition) is 1. The highest BCUT2D eigenvalue weighted by molar-refractivity contribution is 5.63. The molecule has 0 spiro atoms. The summed E-state index contributed by atoms with van der Waals surface area (Å²) in [6.45, 7) is 1.84. The van der Waals surface area contributed by atoms with E-state index in [1.165, 1.54) is 0 Å². The lowest BCUT2D eigenvalue weighted by atomic mass is 10.1. The Bertz CT molecular complexity index is 493. The minimum Gasteiger partial charge on any atom is -0.352 e. The summed E-state index contributed by atoms with van der Waals surface area (Å²) in [5.41, 5.74) is 6.77. The van der Waals surface area contributed by atoms with Crippen molar-refractivity contribution in [3.05, 3.63) is 18.7 Å². The summed E-state index contributed by atoms with van der Waals surface area (Å²) >= 11 is 0. The molecule has 2 aromatic heterocycles. The fourth-order valence-corrected chi connectivity index (χ4v) is 2.17. The van der Waals surface area contributed by atoms with E-state index in [0.717, 1.165) is 37.4 Å². The monoisotopic (exact) mass is 218 g/mol. The van der Waals surface area contributed by atoms with Crippen LogP contribution in [0.25, 0.3) is 5.65 Å². The first-order chi connectivity index (χ1) is 7.84. The van der Waals surface area contributed by atoms with Crippen molar-refractivity contribution in [2.24, 2.45) is 5.73 Å². The average molecular weight is 218 g/mol. The summed E-state index contributed by atoms with van der Waals surface area (Å²) in [6.07, 6.45) is 7.50. The number of nitrogens with zero attached hydrogens (tertiary/aromatic N) is 5. The Morgan fingerprint density at radius 3 is 3.25 bits per heavy atom. The summed E-state index contributed by atoms with van der Waals surface area (Å²) in [5, 5.41) is 7.98. The van der Waals surface area contributed by atoms with Gasteiger partial charge >= 0.3 is 0 Å². The third-order valence-corrected chi connectivity index (χ3v) is 2.95. The molecule has 0 amide bonds. The van der Waals surface area contributed by atoms with Gasteiger partial charge in [-0.05, 0) is 12.8 Å². The maximum atomic E-state index is 5.97. The lowest BCUT2D eigenvalue weighted by Crippen LogP contribution is -2.43. The minimum atomic E-state index is 0.235. The van der Waals surface area contributed by atoms with E-state index in [1.807, 2.05) is 10.6 Å². The molecule has 1 atom stereocenters. The molecule has 1 saturated heterocycles. The molecule has 6 heteroatoms. The quantitative estimate of drug-likeness (QED) is 0.732. The molecule has 1 aliphatic heterocycles. The molecule has 16 heavy (non-hydrogen) atoms. The first-order valence-corrected chi connectivity index (χ1v) is 5.49. The van der Waals surface area contributed by atoms with E-state index in [2.05, 4.69) is 20.1 Å². The first-order valence-electron chi connectivity index (χ1n) is 5.49. The van der Waals surface area contributed by atoms with Crippen molar-refractivity contribution in [1.82, 2.24) is 19.6 Å². The zero-order chi connectivity index (χ0) is 11.0. The molecule has 1 aliphatic rings. The standard InChI is InChI=1S/C10H14N6/c11-8-2-1-4-15(6-8)9-10-14-13-7-16(10)5-3-12-9/h3,5,7-8H,1-2,4,6,11H2. The van der Waals surface area contributed by atoms with Crippen LogP contribution in [-0.4, -0.2) is 38.7 Å². The zero-order valence-corrected chi connectivity index (χ0v) is 8.95. The van der Waals surface area contributed by atoms with Gasteiger partial charge in [0.2, 0.25) is 5.65 Å². The molecular formula is C10H14N6. The largest absolute Gasteiger partial charge is 0.352 e. The Balaban J connectivity index is 2.01. The normalized spacial score (nSPS) is 21.6. The maximum Gasteiger partial charge on any atom is 0.203 e. The van der Waals surface area contributed by atoms with Gasteiger partial charge < -0.3 is 10.6 Å². The second-order valence-corrected chi connectivity index (χ2v) is 4.16. The van der Waals surface area contributed by atoms with E-state index in [9.17, 15) is 0 Å². The topological polar surface area (TPSA) is 72.3 Å². The second-order valence-electron chi connectivity index (χ2n) is 4.16. The lowest BCUT2D eigenvalue weighted by Gasteiger charge is -2.31. The Morgan fingerprint density at radius 1 is 1.44 bits per heavy atom. The van der Waals surface area contributed by atoms with Crippen LogP contribution < -0.4 is 10.6 Å². The summed E-state index contributed by atoms with van der Waals surface area (Å²) < 4.78 is 1.88. The number of nitrogens with two attached hydrogens (primary N) is 1. The summed E-state index contributed by atoms with van der Waals surface area (Å²) in [7, 11) is 0. The number of piperidine rings is 1. The molecule has 0 aromatic carbocycles. The van der Waals surface area contributed by atoms with Gasteiger partial charge in [-0.25, -0.2) is 4.98 Å². The van der Waals surface area contributed by atoms with Crippen molar-refractivity contribution < 1.29 is 0 Å². The van der Waals surface area contributed by atoms with Gasteiger partial charge in [-0.15, -0.1) is 10.2 Å². The predicted octanol–water partition coefficient (Wildman–Crippen LogP) is 0.0518. The lowest BCUT2D eigenvalue weighted by molar-refractivity contribution is 0.503. The molecule has 0 radical (unpaired) electrons. The van der Waals surface area contributed by atoms with Gasteiger partial charge in [0, 0.05) is 31.5 Å². The van der Waals surface area contributed by atoms with E-state index in [1.54, 1.807) is 12.5 Å². The van der Waals surface area contributed by atoms with Crippen LogP contribution in [0.5, 0.6) is 0 Å². The van der Waals surface area contributed by atoms with Crippen molar-refractivity contribution in [3.63, 3.8) is 0 Å². The van der Waals surface area contributed by atoms with E-state index in [4.69, 9.17) is 5.73 Å². The molecule has 3 heterocycles. The van der Waals surface area contributed by atoms with Gasteiger partial charge in [0.1, 0.15) is 6.33 Å². The molecule has 2 N–H and O–H groups in total. The Kier molecular flexibility index (Phi) is 2.21. The fourth-order valence-electron chi connectivity index (χ4n) is 2.17. The summed E-state index contributed by atoms with van der Waals surface area (Å²) in [5.74, 6) is 0.884. The molecule has 1 unspecified atom stereocenters. The second kappa shape index (κ2) is 3.71. The fraction of sp³-hybridized carbons (Fsp3) is 0.500.